The van der Waals surface area contributed by atoms with E-state index in [0.29, 0.717) is 29.2 Å². The van der Waals surface area contributed by atoms with Crippen LogP contribution in [0.5, 0.6) is 11.5 Å². The molecule has 0 fully saturated rings. The molecule has 0 spiro atoms. The highest BCUT2D eigenvalue weighted by molar-refractivity contribution is 6.11. The SMILES string of the molecule is COCC(C)O.COc1cccc(C(=O)c2ccccc2)c1OC. The quantitative estimate of drug-likeness (QED) is 0.824. The third-order valence-electron chi connectivity index (χ3n) is 3.09. The van der Waals surface area contributed by atoms with E-state index in [1.54, 1.807) is 51.5 Å². The highest BCUT2D eigenvalue weighted by atomic mass is 16.5. The molecule has 5 nitrogen and oxygen atoms in total. The Labute approximate surface area is 142 Å². The maximum atomic E-state index is 12.4. The number of para-hydroxylation sites is 1. The van der Waals surface area contributed by atoms with Crippen LogP contribution in [-0.2, 0) is 4.74 Å². The van der Waals surface area contributed by atoms with Crippen molar-refractivity contribution in [3.05, 3.63) is 59.7 Å². The minimum absolute atomic E-state index is 0.0775. The van der Waals surface area contributed by atoms with Gasteiger partial charge in [0.1, 0.15) is 0 Å². The lowest BCUT2D eigenvalue weighted by molar-refractivity contribution is 0.0765. The average Bonchev–Trinajstić information content (AvgIpc) is 2.61. The van der Waals surface area contributed by atoms with Gasteiger partial charge in [0.2, 0.25) is 0 Å². The van der Waals surface area contributed by atoms with Gasteiger partial charge in [-0.3, -0.25) is 4.79 Å². The van der Waals surface area contributed by atoms with Gasteiger partial charge in [-0.15, -0.1) is 0 Å². The van der Waals surface area contributed by atoms with E-state index in [1.807, 2.05) is 18.2 Å². The van der Waals surface area contributed by atoms with Crippen LogP contribution in [-0.4, -0.2) is 44.9 Å². The van der Waals surface area contributed by atoms with E-state index in [9.17, 15) is 4.79 Å². The first-order chi connectivity index (χ1) is 11.5. The first-order valence-electron chi connectivity index (χ1n) is 7.52. The molecule has 0 radical (unpaired) electrons. The van der Waals surface area contributed by atoms with Crippen molar-refractivity contribution < 1.29 is 24.1 Å². The first kappa shape index (κ1) is 19.7. The van der Waals surface area contributed by atoms with E-state index >= 15 is 0 Å². The van der Waals surface area contributed by atoms with Crippen molar-refractivity contribution in [2.24, 2.45) is 0 Å². The molecule has 0 aliphatic heterocycles. The van der Waals surface area contributed by atoms with E-state index in [2.05, 4.69) is 4.74 Å². The molecule has 0 saturated carbocycles. The van der Waals surface area contributed by atoms with Crippen molar-refractivity contribution in [2.45, 2.75) is 13.0 Å². The second-order valence-electron chi connectivity index (χ2n) is 5.04. The van der Waals surface area contributed by atoms with Crippen LogP contribution in [0.3, 0.4) is 0 Å². The fourth-order valence-electron chi connectivity index (χ4n) is 2.05. The summed E-state index contributed by atoms with van der Waals surface area (Å²) >= 11 is 0. The van der Waals surface area contributed by atoms with Gasteiger partial charge in [-0.2, -0.15) is 0 Å². The molecule has 130 valence electrons. The van der Waals surface area contributed by atoms with E-state index in [0.717, 1.165) is 0 Å². The van der Waals surface area contributed by atoms with E-state index in [4.69, 9.17) is 14.6 Å². The number of carbonyl (C=O) groups excluding carboxylic acids is 1. The Balaban J connectivity index is 0.000000413. The van der Waals surface area contributed by atoms with Gasteiger partial charge in [0, 0.05) is 12.7 Å². The predicted octanol–water partition coefficient (Wildman–Crippen LogP) is 2.95. The number of carbonyl (C=O) groups is 1. The van der Waals surface area contributed by atoms with Gasteiger partial charge in [-0.25, -0.2) is 0 Å². The number of hydrogen-bond acceptors (Lipinski definition) is 5. The fraction of sp³-hybridized carbons (Fsp3) is 0.316. The Hall–Kier alpha value is -2.37. The molecule has 0 heterocycles. The molecule has 2 rings (SSSR count). The summed E-state index contributed by atoms with van der Waals surface area (Å²) in [4.78, 5) is 12.4. The number of methoxy groups -OCH3 is 3. The predicted molar refractivity (Wildman–Crippen MR) is 93.0 cm³/mol. The molecule has 5 heteroatoms. The first-order valence-corrected chi connectivity index (χ1v) is 7.52. The Kier molecular flexibility index (Phi) is 8.54. The maximum absolute atomic E-state index is 12.4. The second-order valence-corrected chi connectivity index (χ2v) is 5.04. The topological polar surface area (TPSA) is 65.0 Å². The molecule has 1 unspecified atom stereocenters. The number of hydrogen-bond donors (Lipinski definition) is 1. The monoisotopic (exact) mass is 332 g/mol. The lowest BCUT2D eigenvalue weighted by Gasteiger charge is -2.11. The molecular formula is C19H24O5. The van der Waals surface area contributed by atoms with Gasteiger partial charge in [-0.05, 0) is 19.1 Å². The van der Waals surface area contributed by atoms with Gasteiger partial charge in [0.25, 0.3) is 0 Å². The Morgan fingerprint density at radius 2 is 1.67 bits per heavy atom. The molecule has 1 atom stereocenters. The highest BCUT2D eigenvalue weighted by Gasteiger charge is 2.17. The molecule has 0 aliphatic rings. The van der Waals surface area contributed by atoms with Gasteiger partial charge < -0.3 is 19.3 Å². The molecule has 0 amide bonds. The number of ketones is 1. The Bertz CT molecular complexity index is 623. The van der Waals surface area contributed by atoms with Gasteiger partial charge >= 0.3 is 0 Å². The number of benzene rings is 2. The van der Waals surface area contributed by atoms with Crippen molar-refractivity contribution in [3.8, 4) is 11.5 Å². The molecule has 2 aromatic carbocycles. The standard InChI is InChI=1S/C15H14O3.C4H10O2/c1-17-13-10-6-9-12(15(13)18-2)14(16)11-7-4-3-5-8-11;1-4(5)3-6-2/h3-10H,1-2H3;4-5H,3H2,1-2H3. The van der Waals surface area contributed by atoms with E-state index in [1.165, 1.54) is 7.11 Å². The lowest BCUT2D eigenvalue weighted by Crippen LogP contribution is -2.07. The number of rotatable bonds is 6. The molecular weight excluding hydrogens is 308 g/mol. The van der Waals surface area contributed by atoms with Crippen molar-refractivity contribution in [1.29, 1.82) is 0 Å². The van der Waals surface area contributed by atoms with Crippen molar-refractivity contribution in [1.82, 2.24) is 0 Å². The van der Waals surface area contributed by atoms with Gasteiger partial charge in [-0.1, -0.05) is 36.4 Å². The zero-order valence-electron chi connectivity index (χ0n) is 14.5. The van der Waals surface area contributed by atoms with Crippen LogP contribution >= 0.6 is 0 Å². The van der Waals surface area contributed by atoms with Crippen LogP contribution < -0.4 is 9.47 Å². The fourth-order valence-corrected chi connectivity index (χ4v) is 2.05. The van der Waals surface area contributed by atoms with Crippen LogP contribution in [0.15, 0.2) is 48.5 Å². The summed E-state index contributed by atoms with van der Waals surface area (Å²) in [5.41, 5.74) is 1.13. The number of ether oxygens (including phenoxy) is 3. The summed E-state index contributed by atoms with van der Waals surface area (Å²) < 4.78 is 15.0. The molecule has 0 saturated heterocycles. The molecule has 2 aromatic rings. The molecule has 0 aliphatic carbocycles. The summed E-state index contributed by atoms with van der Waals surface area (Å²) in [7, 11) is 4.64. The molecule has 24 heavy (non-hydrogen) atoms. The maximum Gasteiger partial charge on any atom is 0.196 e. The summed E-state index contributed by atoms with van der Waals surface area (Å²) in [5.74, 6) is 0.944. The summed E-state index contributed by atoms with van der Waals surface area (Å²) in [6.45, 7) is 2.11. The Morgan fingerprint density at radius 1 is 1.00 bits per heavy atom. The minimum atomic E-state index is -0.324. The van der Waals surface area contributed by atoms with Crippen LogP contribution in [0.25, 0.3) is 0 Å². The van der Waals surface area contributed by atoms with Crippen molar-refractivity contribution in [3.63, 3.8) is 0 Å². The van der Waals surface area contributed by atoms with Crippen LogP contribution in [0.2, 0.25) is 0 Å². The second kappa shape index (κ2) is 10.4. The number of aliphatic hydroxyl groups is 1. The van der Waals surface area contributed by atoms with Crippen LogP contribution in [0.4, 0.5) is 0 Å². The number of aliphatic hydroxyl groups excluding tert-OH is 1. The highest BCUT2D eigenvalue weighted by Crippen LogP contribution is 2.32. The summed E-state index contributed by atoms with van der Waals surface area (Å²) in [6.07, 6.45) is -0.324. The van der Waals surface area contributed by atoms with Gasteiger partial charge in [0.05, 0.1) is 32.5 Å². The summed E-state index contributed by atoms with van der Waals surface area (Å²) in [6, 6.07) is 14.4. The van der Waals surface area contributed by atoms with E-state index in [-0.39, 0.29) is 11.9 Å². The Morgan fingerprint density at radius 3 is 2.12 bits per heavy atom. The van der Waals surface area contributed by atoms with E-state index < -0.39 is 0 Å². The lowest BCUT2D eigenvalue weighted by atomic mass is 10.0. The van der Waals surface area contributed by atoms with Gasteiger partial charge in [0.15, 0.2) is 17.3 Å². The molecule has 1 N–H and O–H groups in total. The average molecular weight is 332 g/mol. The largest absolute Gasteiger partial charge is 0.493 e. The minimum Gasteiger partial charge on any atom is -0.493 e. The van der Waals surface area contributed by atoms with Crippen molar-refractivity contribution in [2.75, 3.05) is 27.9 Å². The smallest absolute Gasteiger partial charge is 0.196 e. The normalized spacial score (nSPS) is 11.0. The molecule has 0 bridgehead atoms. The third-order valence-corrected chi connectivity index (χ3v) is 3.09. The zero-order valence-corrected chi connectivity index (χ0v) is 14.5. The summed E-state index contributed by atoms with van der Waals surface area (Å²) in [5, 5.41) is 8.43. The molecule has 0 aromatic heterocycles. The van der Waals surface area contributed by atoms with Crippen LogP contribution in [0.1, 0.15) is 22.8 Å². The third kappa shape index (κ3) is 5.68. The zero-order chi connectivity index (χ0) is 17.9. The van der Waals surface area contributed by atoms with Crippen molar-refractivity contribution >= 4 is 5.78 Å². The van der Waals surface area contributed by atoms with Crippen LogP contribution in [0, 0.1) is 0 Å².